The number of aliphatic hydroxyl groups excluding tert-OH is 1. The largest absolute Gasteiger partial charge is 0.493 e. The summed E-state index contributed by atoms with van der Waals surface area (Å²) in [4.78, 5) is 12.0. The van der Waals surface area contributed by atoms with Gasteiger partial charge in [0.05, 0.1) is 26.9 Å². The summed E-state index contributed by atoms with van der Waals surface area (Å²) in [6.45, 7) is 6.95. The molecule has 0 spiro atoms. The van der Waals surface area contributed by atoms with Crippen LogP contribution < -0.4 is 14.2 Å². The number of carbonyl (C=O) groups is 1. The second kappa shape index (κ2) is 11.8. The van der Waals surface area contributed by atoms with Crippen LogP contribution in [0, 0.1) is 0 Å². The third kappa shape index (κ3) is 8.26. The number of rotatable bonds is 12. The van der Waals surface area contributed by atoms with Gasteiger partial charge in [0, 0.05) is 13.6 Å². The maximum atomic E-state index is 12.0. The van der Waals surface area contributed by atoms with Gasteiger partial charge < -0.3 is 24.1 Å². The van der Waals surface area contributed by atoms with Crippen molar-refractivity contribution in [1.82, 2.24) is 0 Å². The van der Waals surface area contributed by atoms with Crippen LogP contribution in [0.15, 0.2) is 42.5 Å². The molecule has 0 aliphatic heterocycles. The maximum absolute atomic E-state index is 12.0. The zero-order chi connectivity index (χ0) is 22.9. The molecule has 7 heteroatoms. The van der Waals surface area contributed by atoms with Crippen LogP contribution in [-0.2, 0) is 16.0 Å². The van der Waals surface area contributed by atoms with E-state index in [4.69, 9.17) is 18.9 Å². The number of benzene rings is 2. The second-order valence-corrected chi connectivity index (χ2v) is 14.2. The fourth-order valence-corrected chi connectivity index (χ4v) is 3.75. The smallest absolute Gasteiger partial charge is 0.344 e. The van der Waals surface area contributed by atoms with Crippen molar-refractivity contribution in [2.45, 2.75) is 44.6 Å². The summed E-state index contributed by atoms with van der Waals surface area (Å²) in [5, 5.41) is 10.7. The van der Waals surface area contributed by atoms with E-state index in [0.29, 0.717) is 42.3 Å². The number of aryl methyl sites for hydroxylation is 1. The zero-order valence-corrected chi connectivity index (χ0v) is 20.1. The number of methoxy groups -OCH3 is 2. The molecule has 0 aliphatic carbocycles. The Kier molecular flexibility index (Phi) is 9.39. The van der Waals surface area contributed by atoms with Gasteiger partial charge in [0.1, 0.15) is 5.75 Å². The predicted molar refractivity (Wildman–Crippen MR) is 124 cm³/mol. The van der Waals surface area contributed by atoms with Gasteiger partial charge in [-0.05, 0) is 42.6 Å². The number of ether oxygens (including phenoxy) is 4. The molecule has 2 aromatic rings. The van der Waals surface area contributed by atoms with Crippen molar-refractivity contribution in [3.05, 3.63) is 53.6 Å². The zero-order valence-electron chi connectivity index (χ0n) is 19.1. The molecule has 0 heterocycles. The lowest BCUT2D eigenvalue weighted by Gasteiger charge is -2.17. The Balaban J connectivity index is 1.92. The molecule has 0 aliphatic rings. The van der Waals surface area contributed by atoms with Crippen molar-refractivity contribution in [1.29, 1.82) is 0 Å². The van der Waals surface area contributed by atoms with Crippen LogP contribution in [0.2, 0.25) is 25.7 Å². The SMILES string of the molecule is COc1ccc(CC[C@H](O)c2ccccc2OCC(=O)OCC[Si](C)(C)C)cc1OC. The lowest BCUT2D eigenvalue weighted by atomic mass is 10.0. The average Bonchev–Trinajstić information content (AvgIpc) is 2.75. The van der Waals surface area contributed by atoms with E-state index in [0.717, 1.165) is 11.6 Å². The minimum Gasteiger partial charge on any atom is -0.493 e. The minimum absolute atomic E-state index is 0.175. The van der Waals surface area contributed by atoms with E-state index >= 15 is 0 Å². The maximum Gasteiger partial charge on any atom is 0.344 e. The summed E-state index contributed by atoms with van der Waals surface area (Å²) in [5.74, 6) is 1.42. The molecule has 0 aromatic heterocycles. The highest BCUT2D eigenvalue weighted by molar-refractivity contribution is 6.76. The Morgan fingerprint density at radius 1 is 1.00 bits per heavy atom. The van der Waals surface area contributed by atoms with Crippen LogP contribution in [0.3, 0.4) is 0 Å². The molecule has 1 atom stereocenters. The van der Waals surface area contributed by atoms with Crippen LogP contribution in [0.25, 0.3) is 0 Å². The molecule has 2 rings (SSSR count). The molecule has 0 saturated heterocycles. The van der Waals surface area contributed by atoms with Crippen molar-refractivity contribution in [3.8, 4) is 17.2 Å². The molecule has 0 radical (unpaired) electrons. The van der Waals surface area contributed by atoms with Crippen LogP contribution >= 0.6 is 0 Å². The van der Waals surface area contributed by atoms with E-state index < -0.39 is 20.1 Å². The minimum atomic E-state index is -1.25. The van der Waals surface area contributed by atoms with Gasteiger partial charge in [0.25, 0.3) is 0 Å². The van der Waals surface area contributed by atoms with Gasteiger partial charge in [-0.3, -0.25) is 0 Å². The first-order valence-electron chi connectivity index (χ1n) is 10.5. The van der Waals surface area contributed by atoms with Gasteiger partial charge in [0.15, 0.2) is 18.1 Å². The summed E-state index contributed by atoms with van der Waals surface area (Å²) in [6, 6.07) is 13.9. The first kappa shape index (κ1) is 24.8. The summed E-state index contributed by atoms with van der Waals surface area (Å²) >= 11 is 0. The normalized spacial score (nSPS) is 12.2. The van der Waals surface area contributed by atoms with Gasteiger partial charge in [-0.2, -0.15) is 0 Å². The van der Waals surface area contributed by atoms with Crippen molar-refractivity contribution in [2.24, 2.45) is 0 Å². The highest BCUT2D eigenvalue weighted by Gasteiger charge is 2.17. The first-order chi connectivity index (χ1) is 14.7. The molecule has 0 saturated carbocycles. The standard InChI is InChI=1S/C24H34O6Si/c1-27-22-13-11-18(16-23(22)28-2)10-12-20(25)19-8-6-7-9-21(19)30-17-24(26)29-14-15-31(3,4)5/h6-9,11,13,16,20,25H,10,12,14-15,17H2,1-5H3/t20-/m0/s1. The molecule has 170 valence electrons. The summed E-state index contributed by atoms with van der Waals surface area (Å²) in [6.07, 6.45) is 0.415. The number of hydrogen-bond acceptors (Lipinski definition) is 6. The Bertz CT molecular complexity index is 846. The molecule has 0 unspecified atom stereocenters. The highest BCUT2D eigenvalue weighted by atomic mass is 28.3. The van der Waals surface area contributed by atoms with Crippen LogP contribution in [0.5, 0.6) is 17.2 Å². The van der Waals surface area contributed by atoms with Gasteiger partial charge >= 0.3 is 5.97 Å². The molecular weight excluding hydrogens is 412 g/mol. The first-order valence-corrected chi connectivity index (χ1v) is 14.2. The summed E-state index contributed by atoms with van der Waals surface area (Å²) in [5.41, 5.74) is 1.68. The average molecular weight is 447 g/mol. The molecule has 1 N–H and O–H groups in total. The summed E-state index contributed by atoms with van der Waals surface area (Å²) in [7, 11) is 1.95. The molecule has 2 aromatic carbocycles. The highest BCUT2D eigenvalue weighted by Crippen LogP contribution is 2.31. The fourth-order valence-electron chi connectivity index (χ4n) is 3.03. The fraction of sp³-hybridized carbons (Fsp3) is 0.458. The third-order valence-electron chi connectivity index (χ3n) is 4.89. The Hall–Kier alpha value is -2.51. The topological polar surface area (TPSA) is 74.2 Å². The van der Waals surface area contributed by atoms with Gasteiger partial charge in [-0.1, -0.05) is 43.9 Å². The lowest BCUT2D eigenvalue weighted by molar-refractivity contribution is -0.145. The van der Waals surface area contributed by atoms with Crippen LogP contribution in [0.1, 0.15) is 23.7 Å². The molecule has 0 bridgehead atoms. The van der Waals surface area contributed by atoms with Crippen molar-refractivity contribution >= 4 is 14.0 Å². The number of esters is 1. The van der Waals surface area contributed by atoms with Crippen molar-refractivity contribution in [3.63, 3.8) is 0 Å². The van der Waals surface area contributed by atoms with Gasteiger partial charge in [-0.15, -0.1) is 0 Å². The van der Waals surface area contributed by atoms with E-state index in [-0.39, 0.29) is 6.61 Å². The predicted octanol–water partition coefficient (Wildman–Crippen LogP) is 4.63. The molecule has 31 heavy (non-hydrogen) atoms. The lowest BCUT2D eigenvalue weighted by Crippen LogP contribution is -2.24. The van der Waals surface area contributed by atoms with Crippen molar-refractivity contribution < 1.29 is 28.8 Å². The Labute approximate surface area is 186 Å². The second-order valence-electron chi connectivity index (χ2n) is 8.60. The van der Waals surface area contributed by atoms with Gasteiger partial charge in [0.2, 0.25) is 0 Å². The van der Waals surface area contributed by atoms with Crippen molar-refractivity contribution in [2.75, 3.05) is 27.4 Å². The Morgan fingerprint density at radius 3 is 2.39 bits per heavy atom. The van der Waals surface area contributed by atoms with E-state index in [1.807, 2.05) is 36.4 Å². The van der Waals surface area contributed by atoms with Crippen LogP contribution in [-0.4, -0.2) is 46.6 Å². The third-order valence-corrected chi connectivity index (χ3v) is 6.60. The molecule has 6 nitrogen and oxygen atoms in total. The number of para-hydroxylation sites is 1. The number of carbonyl (C=O) groups excluding carboxylic acids is 1. The van der Waals surface area contributed by atoms with E-state index in [2.05, 4.69) is 19.6 Å². The molecule has 0 fully saturated rings. The molecular formula is C24H34O6Si. The molecule has 0 amide bonds. The van der Waals surface area contributed by atoms with Gasteiger partial charge in [-0.25, -0.2) is 4.79 Å². The van der Waals surface area contributed by atoms with E-state index in [1.165, 1.54) is 0 Å². The Morgan fingerprint density at radius 2 is 1.71 bits per heavy atom. The quantitative estimate of drug-likeness (QED) is 0.378. The number of aliphatic hydroxyl groups is 1. The summed E-state index contributed by atoms with van der Waals surface area (Å²) < 4.78 is 21.5. The monoisotopic (exact) mass is 446 g/mol. The number of hydrogen-bond donors (Lipinski definition) is 1. The van der Waals surface area contributed by atoms with Crippen LogP contribution in [0.4, 0.5) is 0 Å². The van der Waals surface area contributed by atoms with E-state index in [9.17, 15) is 9.90 Å². The van der Waals surface area contributed by atoms with E-state index in [1.54, 1.807) is 20.3 Å².